The molecule has 148 valence electrons. The highest BCUT2D eigenvalue weighted by Crippen LogP contribution is 2.24. The molecule has 29 heavy (non-hydrogen) atoms. The van der Waals surface area contributed by atoms with E-state index in [1.54, 1.807) is 24.2 Å². The summed E-state index contributed by atoms with van der Waals surface area (Å²) in [6.45, 7) is 1.85. The first-order valence-electron chi connectivity index (χ1n) is 9.68. The van der Waals surface area contributed by atoms with Crippen LogP contribution in [0.3, 0.4) is 0 Å². The Morgan fingerprint density at radius 1 is 0.931 bits per heavy atom. The molecular formula is C24H25N3O2. The zero-order chi connectivity index (χ0) is 20.8. The normalized spacial score (nSPS) is 10.6. The van der Waals surface area contributed by atoms with Gasteiger partial charge < -0.3 is 10.6 Å². The van der Waals surface area contributed by atoms with E-state index in [-0.39, 0.29) is 11.7 Å². The number of nitrogens with two attached hydrogens (primary N) is 1. The fourth-order valence-corrected chi connectivity index (χ4v) is 3.09. The molecule has 0 bridgehead atoms. The molecule has 3 aromatic rings. The lowest BCUT2D eigenvalue weighted by atomic mass is 9.99. The summed E-state index contributed by atoms with van der Waals surface area (Å²) < 4.78 is 0. The number of carbonyl (C=O) groups excluding carboxylic acids is 2. The molecular weight excluding hydrogens is 362 g/mol. The number of Topliss-reactive ketones (excluding diaryl/α,β-unsaturated/α-hetero) is 1. The standard InChI is InChI=1S/C24H25N3O2/c1-3-24(29)27(2)21-12-10-19(11-13-21)18-6-8-20(9-7-18)22(28)14-4-17-5-15-23(25)26-16-17/h5-13,15-16H,3-4,14H2,1-2H3,(H2,25,26). The van der Waals surface area contributed by atoms with E-state index < -0.39 is 0 Å². The Morgan fingerprint density at radius 2 is 1.55 bits per heavy atom. The van der Waals surface area contributed by atoms with Crippen LogP contribution in [0.25, 0.3) is 11.1 Å². The molecule has 0 aliphatic carbocycles. The highest BCUT2D eigenvalue weighted by atomic mass is 16.2. The lowest BCUT2D eigenvalue weighted by Crippen LogP contribution is -2.24. The van der Waals surface area contributed by atoms with Crippen molar-refractivity contribution in [2.75, 3.05) is 17.7 Å². The molecule has 2 aromatic carbocycles. The number of benzene rings is 2. The predicted molar refractivity (Wildman–Crippen MR) is 117 cm³/mol. The van der Waals surface area contributed by atoms with E-state index >= 15 is 0 Å². The molecule has 1 heterocycles. The van der Waals surface area contributed by atoms with Gasteiger partial charge in [-0.2, -0.15) is 0 Å². The molecule has 0 aliphatic rings. The summed E-state index contributed by atoms with van der Waals surface area (Å²) in [6, 6.07) is 19.1. The fourth-order valence-electron chi connectivity index (χ4n) is 3.09. The zero-order valence-electron chi connectivity index (χ0n) is 16.8. The Bertz CT molecular complexity index is 978. The largest absolute Gasteiger partial charge is 0.384 e. The predicted octanol–water partition coefficient (Wildman–Crippen LogP) is 4.52. The van der Waals surface area contributed by atoms with Crippen LogP contribution >= 0.6 is 0 Å². The van der Waals surface area contributed by atoms with Crippen LogP contribution in [0.2, 0.25) is 0 Å². The van der Waals surface area contributed by atoms with Crippen LogP contribution in [0.4, 0.5) is 11.5 Å². The van der Waals surface area contributed by atoms with E-state index in [1.165, 1.54) is 0 Å². The first kappa shape index (κ1) is 20.3. The van der Waals surface area contributed by atoms with Gasteiger partial charge in [0, 0.05) is 37.3 Å². The number of rotatable bonds is 7. The van der Waals surface area contributed by atoms with Crippen LogP contribution in [0.15, 0.2) is 66.9 Å². The number of hydrogen-bond donors (Lipinski definition) is 1. The maximum absolute atomic E-state index is 12.5. The van der Waals surface area contributed by atoms with Crippen molar-refractivity contribution in [3.05, 3.63) is 78.0 Å². The summed E-state index contributed by atoms with van der Waals surface area (Å²) in [5.41, 5.74) is 10.2. The number of aryl methyl sites for hydroxylation is 1. The number of aromatic nitrogens is 1. The second kappa shape index (κ2) is 9.15. The Balaban J connectivity index is 1.64. The topological polar surface area (TPSA) is 76.3 Å². The van der Waals surface area contributed by atoms with Crippen molar-refractivity contribution in [3.63, 3.8) is 0 Å². The van der Waals surface area contributed by atoms with Crippen molar-refractivity contribution < 1.29 is 9.59 Å². The maximum Gasteiger partial charge on any atom is 0.226 e. The average Bonchev–Trinajstić information content (AvgIpc) is 2.77. The van der Waals surface area contributed by atoms with Crippen LogP contribution < -0.4 is 10.6 Å². The third kappa shape index (κ3) is 5.08. The van der Waals surface area contributed by atoms with Crippen molar-refractivity contribution in [3.8, 4) is 11.1 Å². The van der Waals surface area contributed by atoms with Gasteiger partial charge in [0.2, 0.25) is 5.91 Å². The number of carbonyl (C=O) groups is 2. The summed E-state index contributed by atoms with van der Waals surface area (Å²) in [5.74, 6) is 0.658. The molecule has 1 amide bonds. The van der Waals surface area contributed by atoms with Crippen molar-refractivity contribution >= 4 is 23.2 Å². The van der Waals surface area contributed by atoms with Gasteiger partial charge in [-0.3, -0.25) is 9.59 Å². The van der Waals surface area contributed by atoms with Crippen molar-refractivity contribution in [1.29, 1.82) is 0 Å². The number of ketones is 1. The van der Waals surface area contributed by atoms with Gasteiger partial charge in [-0.05, 0) is 41.3 Å². The Labute approximate surface area is 171 Å². The number of amides is 1. The number of anilines is 2. The molecule has 2 N–H and O–H groups in total. The van der Waals surface area contributed by atoms with Gasteiger partial charge in [0.05, 0.1) is 0 Å². The van der Waals surface area contributed by atoms with E-state index in [4.69, 9.17) is 5.73 Å². The van der Waals surface area contributed by atoms with Gasteiger partial charge in [-0.1, -0.05) is 49.4 Å². The minimum atomic E-state index is 0.0790. The molecule has 0 saturated heterocycles. The maximum atomic E-state index is 12.5. The second-order valence-electron chi connectivity index (χ2n) is 6.95. The SMILES string of the molecule is CCC(=O)N(C)c1ccc(-c2ccc(C(=O)CCc3ccc(N)nc3)cc2)cc1. The minimum Gasteiger partial charge on any atom is -0.384 e. The molecule has 0 radical (unpaired) electrons. The molecule has 5 nitrogen and oxygen atoms in total. The number of nitrogens with zero attached hydrogens (tertiary/aromatic N) is 2. The first-order chi connectivity index (χ1) is 14.0. The Kier molecular flexibility index (Phi) is 6.39. The van der Waals surface area contributed by atoms with Crippen LogP contribution in [0, 0.1) is 0 Å². The monoisotopic (exact) mass is 387 g/mol. The number of pyridine rings is 1. The van der Waals surface area contributed by atoms with Crippen LogP contribution in [-0.2, 0) is 11.2 Å². The lowest BCUT2D eigenvalue weighted by Gasteiger charge is -2.16. The van der Waals surface area contributed by atoms with Crippen molar-refractivity contribution in [1.82, 2.24) is 4.98 Å². The summed E-state index contributed by atoms with van der Waals surface area (Å²) in [6.07, 6.45) is 3.25. The Morgan fingerprint density at radius 3 is 2.10 bits per heavy atom. The smallest absolute Gasteiger partial charge is 0.226 e. The summed E-state index contributed by atoms with van der Waals surface area (Å²) in [4.78, 5) is 30.0. The third-order valence-corrected chi connectivity index (χ3v) is 4.96. The number of hydrogen-bond acceptors (Lipinski definition) is 4. The number of nitrogen functional groups attached to an aromatic ring is 1. The second-order valence-corrected chi connectivity index (χ2v) is 6.95. The van der Waals surface area contributed by atoms with E-state index in [9.17, 15) is 9.59 Å². The van der Waals surface area contributed by atoms with Gasteiger partial charge in [0.1, 0.15) is 5.82 Å². The summed E-state index contributed by atoms with van der Waals surface area (Å²) in [7, 11) is 1.78. The third-order valence-electron chi connectivity index (χ3n) is 4.96. The quantitative estimate of drug-likeness (QED) is 0.605. The average molecular weight is 387 g/mol. The van der Waals surface area contributed by atoms with Gasteiger partial charge in [0.15, 0.2) is 5.78 Å². The minimum absolute atomic E-state index is 0.0790. The molecule has 0 saturated carbocycles. The summed E-state index contributed by atoms with van der Waals surface area (Å²) in [5, 5.41) is 0. The molecule has 1 aromatic heterocycles. The van der Waals surface area contributed by atoms with Gasteiger partial charge in [0.25, 0.3) is 0 Å². The first-order valence-corrected chi connectivity index (χ1v) is 9.68. The van der Waals surface area contributed by atoms with E-state index in [1.807, 2.05) is 61.5 Å². The molecule has 0 aliphatic heterocycles. The van der Waals surface area contributed by atoms with Gasteiger partial charge in [-0.15, -0.1) is 0 Å². The molecule has 0 unspecified atom stereocenters. The van der Waals surface area contributed by atoms with Crippen LogP contribution in [-0.4, -0.2) is 23.7 Å². The summed E-state index contributed by atoms with van der Waals surface area (Å²) >= 11 is 0. The van der Waals surface area contributed by atoms with Gasteiger partial charge >= 0.3 is 0 Å². The Hall–Kier alpha value is -3.47. The zero-order valence-corrected chi connectivity index (χ0v) is 16.8. The van der Waals surface area contributed by atoms with Gasteiger partial charge in [-0.25, -0.2) is 4.98 Å². The lowest BCUT2D eigenvalue weighted by molar-refractivity contribution is -0.118. The highest BCUT2D eigenvalue weighted by molar-refractivity contribution is 5.96. The molecule has 5 heteroatoms. The van der Waals surface area contributed by atoms with Crippen molar-refractivity contribution in [2.24, 2.45) is 0 Å². The van der Waals surface area contributed by atoms with Crippen LogP contribution in [0.1, 0.15) is 35.7 Å². The molecule has 0 fully saturated rings. The molecule has 3 rings (SSSR count). The van der Waals surface area contributed by atoms with Crippen molar-refractivity contribution in [2.45, 2.75) is 26.2 Å². The van der Waals surface area contributed by atoms with E-state index in [0.29, 0.717) is 30.6 Å². The van der Waals surface area contributed by atoms with Crippen LogP contribution in [0.5, 0.6) is 0 Å². The highest BCUT2D eigenvalue weighted by Gasteiger charge is 2.10. The molecule has 0 atom stereocenters. The molecule has 0 spiro atoms. The fraction of sp³-hybridized carbons (Fsp3) is 0.208. The van der Waals surface area contributed by atoms with E-state index in [0.717, 1.165) is 22.4 Å². The van der Waals surface area contributed by atoms with E-state index in [2.05, 4.69) is 4.98 Å².